The van der Waals surface area contributed by atoms with Crippen LogP contribution in [0.5, 0.6) is 11.5 Å². The fourth-order valence-corrected chi connectivity index (χ4v) is 2.74. The number of anilines is 1. The second-order valence-electron chi connectivity index (χ2n) is 5.68. The molecule has 0 aromatic heterocycles. The number of carbonyl (C=O) groups excluding carboxylic acids is 2. The van der Waals surface area contributed by atoms with E-state index in [2.05, 4.69) is 5.32 Å². The molecule has 3 amide bonds. The van der Waals surface area contributed by atoms with Crippen molar-refractivity contribution in [2.45, 2.75) is 6.92 Å². The molecular formula is C18H14ClN3O6. The summed E-state index contributed by atoms with van der Waals surface area (Å²) in [5, 5.41) is 24.3. The summed E-state index contributed by atoms with van der Waals surface area (Å²) in [6.45, 7) is 1.83. The second-order valence-corrected chi connectivity index (χ2v) is 6.11. The van der Waals surface area contributed by atoms with E-state index in [1.165, 1.54) is 24.3 Å². The van der Waals surface area contributed by atoms with Gasteiger partial charge < -0.3 is 15.2 Å². The number of carbonyl (C=O) groups is 2. The first-order valence-electron chi connectivity index (χ1n) is 8.08. The number of phenols is 1. The van der Waals surface area contributed by atoms with Crippen LogP contribution in [0.25, 0.3) is 6.08 Å². The Labute approximate surface area is 163 Å². The molecule has 3 rings (SSSR count). The van der Waals surface area contributed by atoms with Crippen LogP contribution < -0.4 is 15.0 Å². The number of phenolic OH excluding ortho intramolecular Hbond substituents is 1. The molecule has 2 aromatic carbocycles. The molecule has 1 heterocycles. The van der Waals surface area contributed by atoms with Crippen LogP contribution in [0.3, 0.4) is 0 Å². The number of halogens is 1. The normalized spacial score (nSPS) is 15.1. The number of hydrogen-bond acceptors (Lipinski definition) is 6. The van der Waals surface area contributed by atoms with Gasteiger partial charge in [-0.2, -0.15) is 0 Å². The van der Waals surface area contributed by atoms with Gasteiger partial charge in [-0.15, -0.1) is 0 Å². The number of rotatable bonds is 5. The maximum atomic E-state index is 12.6. The molecule has 2 N–H and O–H groups in total. The summed E-state index contributed by atoms with van der Waals surface area (Å²) in [5.41, 5.74) is -0.231. The lowest BCUT2D eigenvalue weighted by molar-refractivity contribution is -0.385. The molecule has 1 saturated heterocycles. The molecule has 1 aliphatic rings. The molecule has 0 bridgehead atoms. The summed E-state index contributed by atoms with van der Waals surface area (Å²) < 4.78 is 5.20. The molecule has 0 aliphatic carbocycles. The van der Waals surface area contributed by atoms with Crippen LogP contribution in [0.1, 0.15) is 12.5 Å². The first-order chi connectivity index (χ1) is 13.3. The summed E-state index contributed by atoms with van der Waals surface area (Å²) in [5.74, 6) is -1.17. The SMILES string of the molecule is CCOc1cc([N+](=O)[O-])cc(/C=C2/NC(=O)N(c3ccc(Cl)cc3)C2=O)c1O. The molecule has 144 valence electrons. The van der Waals surface area contributed by atoms with Gasteiger partial charge in [-0.3, -0.25) is 14.9 Å². The number of aromatic hydroxyl groups is 1. The topological polar surface area (TPSA) is 122 Å². The quantitative estimate of drug-likeness (QED) is 0.341. The zero-order valence-electron chi connectivity index (χ0n) is 14.5. The van der Waals surface area contributed by atoms with Gasteiger partial charge in [0.1, 0.15) is 5.70 Å². The highest BCUT2D eigenvalue weighted by atomic mass is 35.5. The van der Waals surface area contributed by atoms with Gasteiger partial charge in [0, 0.05) is 16.7 Å². The van der Waals surface area contributed by atoms with Gasteiger partial charge in [-0.05, 0) is 37.3 Å². The average molecular weight is 404 g/mol. The molecule has 9 nitrogen and oxygen atoms in total. The van der Waals surface area contributed by atoms with Crippen LogP contribution in [0.15, 0.2) is 42.1 Å². The number of nitrogens with one attached hydrogen (secondary N) is 1. The monoisotopic (exact) mass is 403 g/mol. The van der Waals surface area contributed by atoms with Crippen LogP contribution in [-0.4, -0.2) is 28.6 Å². The third-order valence-corrected chi connectivity index (χ3v) is 4.11. The van der Waals surface area contributed by atoms with E-state index < -0.39 is 16.9 Å². The number of amides is 3. The Kier molecular flexibility index (Phi) is 5.18. The maximum absolute atomic E-state index is 12.6. The summed E-state index contributed by atoms with van der Waals surface area (Å²) >= 11 is 5.82. The Morgan fingerprint density at radius 3 is 2.57 bits per heavy atom. The van der Waals surface area contributed by atoms with E-state index in [1.54, 1.807) is 6.92 Å². The van der Waals surface area contributed by atoms with Crippen LogP contribution in [0, 0.1) is 10.1 Å². The van der Waals surface area contributed by atoms with E-state index in [9.17, 15) is 24.8 Å². The van der Waals surface area contributed by atoms with Gasteiger partial charge in [0.2, 0.25) is 0 Å². The fourth-order valence-electron chi connectivity index (χ4n) is 2.61. The molecular weight excluding hydrogens is 390 g/mol. The number of imide groups is 1. The van der Waals surface area contributed by atoms with Crippen LogP contribution >= 0.6 is 11.6 Å². The first-order valence-corrected chi connectivity index (χ1v) is 8.46. The zero-order valence-corrected chi connectivity index (χ0v) is 15.3. The summed E-state index contributed by atoms with van der Waals surface area (Å²) in [4.78, 5) is 36.2. The molecule has 0 unspecified atom stereocenters. The Morgan fingerprint density at radius 1 is 1.29 bits per heavy atom. The van der Waals surface area contributed by atoms with Gasteiger partial charge >= 0.3 is 6.03 Å². The minimum absolute atomic E-state index is 0.0424. The van der Waals surface area contributed by atoms with Crippen molar-refractivity contribution in [3.63, 3.8) is 0 Å². The standard InChI is InChI=1S/C18H14ClN3O6/c1-2-28-15-9-13(22(26)27)7-10(16(15)23)8-14-17(24)21(18(25)20-14)12-5-3-11(19)4-6-12/h3-9,23H,2H2,1H3,(H,20,25)/b14-8+. The Morgan fingerprint density at radius 2 is 1.96 bits per heavy atom. The van der Waals surface area contributed by atoms with Crippen molar-refractivity contribution in [2.24, 2.45) is 0 Å². The van der Waals surface area contributed by atoms with Crippen LogP contribution in [0.2, 0.25) is 5.02 Å². The molecule has 0 radical (unpaired) electrons. The number of hydrogen-bond donors (Lipinski definition) is 2. The fraction of sp³-hybridized carbons (Fsp3) is 0.111. The molecule has 1 fully saturated rings. The Bertz CT molecular complexity index is 1000. The summed E-state index contributed by atoms with van der Waals surface area (Å²) in [7, 11) is 0. The molecule has 10 heteroatoms. The average Bonchev–Trinajstić information content (AvgIpc) is 2.92. The lowest BCUT2D eigenvalue weighted by Gasteiger charge is -2.11. The van der Waals surface area contributed by atoms with Gasteiger partial charge in [-0.1, -0.05) is 11.6 Å². The number of urea groups is 1. The zero-order chi connectivity index (χ0) is 20.4. The van der Waals surface area contributed by atoms with Crippen molar-refractivity contribution in [1.82, 2.24) is 5.32 Å². The predicted molar refractivity (Wildman–Crippen MR) is 101 cm³/mol. The number of nitro benzene ring substituents is 1. The number of nitrogens with zero attached hydrogens (tertiary/aromatic N) is 2. The van der Waals surface area contributed by atoms with Crippen molar-refractivity contribution in [1.29, 1.82) is 0 Å². The van der Waals surface area contributed by atoms with E-state index in [4.69, 9.17) is 16.3 Å². The van der Waals surface area contributed by atoms with E-state index in [1.807, 2.05) is 0 Å². The molecule has 1 aliphatic heterocycles. The minimum atomic E-state index is -0.700. The Hall–Kier alpha value is -3.59. The number of ether oxygens (including phenoxy) is 1. The molecule has 2 aromatic rings. The molecule has 0 spiro atoms. The van der Waals surface area contributed by atoms with Crippen molar-refractivity contribution < 1.29 is 24.4 Å². The number of nitro groups is 1. The Balaban J connectivity index is 2.02. The second kappa shape index (κ2) is 7.57. The highest BCUT2D eigenvalue weighted by Crippen LogP contribution is 2.36. The lowest BCUT2D eigenvalue weighted by atomic mass is 10.1. The van der Waals surface area contributed by atoms with Crippen molar-refractivity contribution in [2.75, 3.05) is 11.5 Å². The van der Waals surface area contributed by atoms with Gasteiger partial charge in [0.05, 0.1) is 23.3 Å². The van der Waals surface area contributed by atoms with E-state index in [-0.39, 0.29) is 35.1 Å². The van der Waals surface area contributed by atoms with E-state index in [0.29, 0.717) is 10.7 Å². The predicted octanol–water partition coefficient (Wildman–Crippen LogP) is 3.45. The van der Waals surface area contributed by atoms with Crippen molar-refractivity contribution >= 4 is 41.0 Å². The molecule has 0 atom stereocenters. The van der Waals surface area contributed by atoms with Crippen molar-refractivity contribution in [3.05, 3.63) is 62.8 Å². The minimum Gasteiger partial charge on any atom is -0.504 e. The first kappa shape index (κ1) is 19.2. The van der Waals surface area contributed by atoms with Crippen LogP contribution in [-0.2, 0) is 4.79 Å². The largest absolute Gasteiger partial charge is 0.504 e. The van der Waals surface area contributed by atoms with Crippen LogP contribution in [0.4, 0.5) is 16.2 Å². The lowest BCUT2D eigenvalue weighted by Crippen LogP contribution is -2.30. The smallest absolute Gasteiger partial charge is 0.333 e. The highest BCUT2D eigenvalue weighted by molar-refractivity contribution is 6.31. The van der Waals surface area contributed by atoms with Gasteiger partial charge in [0.25, 0.3) is 11.6 Å². The number of non-ortho nitro benzene ring substituents is 1. The summed E-state index contributed by atoms with van der Waals surface area (Å²) in [6.07, 6.45) is 1.15. The highest BCUT2D eigenvalue weighted by Gasteiger charge is 2.35. The third-order valence-electron chi connectivity index (χ3n) is 3.86. The molecule has 28 heavy (non-hydrogen) atoms. The van der Waals surface area contributed by atoms with E-state index >= 15 is 0 Å². The maximum Gasteiger partial charge on any atom is 0.333 e. The van der Waals surface area contributed by atoms with Gasteiger partial charge in [0.15, 0.2) is 11.5 Å². The summed E-state index contributed by atoms with van der Waals surface area (Å²) in [6, 6.07) is 7.51. The third kappa shape index (κ3) is 3.60. The van der Waals surface area contributed by atoms with E-state index in [0.717, 1.165) is 23.1 Å². The van der Waals surface area contributed by atoms with Gasteiger partial charge in [-0.25, -0.2) is 9.69 Å². The number of benzene rings is 2. The van der Waals surface area contributed by atoms with Crippen molar-refractivity contribution in [3.8, 4) is 11.5 Å². The molecule has 0 saturated carbocycles.